The summed E-state index contributed by atoms with van der Waals surface area (Å²) in [6.07, 6.45) is 1.14. The molecule has 1 aromatic carbocycles. The maximum absolute atomic E-state index is 5.22. The maximum Gasteiger partial charge on any atom is 0.191 e. The summed E-state index contributed by atoms with van der Waals surface area (Å²) in [5.74, 6) is 2.44. The summed E-state index contributed by atoms with van der Waals surface area (Å²) < 4.78 is 5.22. The zero-order chi connectivity index (χ0) is 14.8. The minimum absolute atomic E-state index is 0.647. The molecule has 0 aliphatic heterocycles. The van der Waals surface area contributed by atoms with Crippen molar-refractivity contribution in [1.82, 2.24) is 10.6 Å². The Hall–Kier alpha value is -1.71. The van der Waals surface area contributed by atoms with Gasteiger partial charge in [-0.05, 0) is 37.0 Å². The van der Waals surface area contributed by atoms with Gasteiger partial charge in [-0.3, -0.25) is 0 Å². The second kappa shape index (κ2) is 9.23. The van der Waals surface area contributed by atoms with E-state index in [9.17, 15) is 0 Å². The van der Waals surface area contributed by atoms with E-state index in [2.05, 4.69) is 42.5 Å². The number of hydrogen-bond donors (Lipinski definition) is 2. The van der Waals surface area contributed by atoms with E-state index in [4.69, 9.17) is 4.74 Å². The molecule has 0 unspecified atom stereocenters. The van der Waals surface area contributed by atoms with Gasteiger partial charge in [-0.25, -0.2) is 4.99 Å². The lowest BCUT2D eigenvalue weighted by molar-refractivity contribution is 0.414. The van der Waals surface area contributed by atoms with Crippen molar-refractivity contribution in [3.05, 3.63) is 29.8 Å². The van der Waals surface area contributed by atoms with Crippen LogP contribution < -0.4 is 15.4 Å². The highest BCUT2D eigenvalue weighted by Gasteiger charge is 1.99. The summed E-state index contributed by atoms with van der Waals surface area (Å²) in [6.45, 7) is 8.98. The molecule has 0 heterocycles. The summed E-state index contributed by atoms with van der Waals surface area (Å²) >= 11 is 0. The Morgan fingerprint density at radius 2 is 2.10 bits per heavy atom. The van der Waals surface area contributed by atoms with Crippen LogP contribution in [0.25, 0.3) is 0 Å². The number of guanidine groups is 1. The van der Waals surface area contributed by atoms with Crippen LogP contribution in [0.1, 0.15) is 32.8 Å². The van der Waals surface area contributed by atoms with Crippen molar-refractivity contribution in [1.29, 1.82) is 0 Å². The summed E-state index contributed by atoms with van der Waals surface area (Å²) in [4.78, 5) is 4.59. The van der Waals surface area contributed by atoms with Gasteiger partial charge in [0.25, 0.3) is 0 Å². The van der Waals surface area contributed by atoms with Crippen LogP contribution in [0, 0.1) is 5.92 Å². The first kappa shape index (κ1) is 16.3. The summed E-state index contributed by atoms with van der Waals surface area (Å²) in [7, 11) is 1.68. The van der Waals surface area contributed by atoms with Gasteiger partial charge < -0.3 is 15.4 Å². The molecule has 0 saturated heterocycles. The lowest BCUT2D eigenvalue weighted by Crippen LogP contribution is -2.38. The highest BCUT2D eigenvalue weighted by molar-refractivity contribution is 5.79. The minimum atomic E-state index is 0.647. The van der Waals surface area contributed by atoms with Gasteiger partial charge in [0.15, 0.2) is 5.96 Å². The molecule has 4 heteroatoms. The van der Waals surface area contributed by atoms with Gasteiger partial charge in [0, 0.05) is 13.1 Å². The number of nitrogens with one attached hydrogen (secondary N) is 2. The third kappa shape index (κ3) is 6.45. The predicted octanol–water partition coefficient (Wildman–Crippen LogP) is 2.80. The average Bonchev–Trinajstić information content (AvgIpc) is 2.44. The van der Waals surface area contributed by atoms with Gasteiger partial charge in [0.1, 0.15) is 5.75 Å². The topological polar surface area (TPSA) is 45.7 Å². The van der Waals surface area contributed by atoms with E-state index < -0.39 is 0 Å². The smallest absolute Gasteiger partial charge is 0.191 e. The first-order chi connectivity index (χ1) is 9.65. The van der Waals surface area contributed by atoms with Gasteiger partial charge in [-0.1, -0.05) is 26.0 Å². The van der Waals surface area contributed by atoms with Crippen LogP contribution in [-0.2, 0) is 6.54 Å². The fourth-order valence-corrected chi connectivity index (χ4v) is 1.76. The Morgan fingerprint density at radius 3 is 2.75 bits per heavy atom. The molecule has 0 saturated carbocycles. The molecule has 0 fully saturated rings. The fourth-order valence-electron chi connectivity index (χ4n) is 1.76. The van der Waals surface area contributed by atoms with E-state index >= 15 is 0 Å². The number of rotatable bonds is 7. The van der Waals surface area contributed by atoms with Crippen molar-refractivity contribution < 1.29 is 4.74 Å². The zero-order valence-electron chi connectivity index (χ0n) is 13.1. The zero-order valence-corrected chi connectivity index (χ0v) is 13.1. The van der Waals surface area contributed by atoms with Gasteiger partial charge in [0.2, 0.25) is 0 Å². The number of aliphatic imine (C=N–C) groups is 1. The molecular weight excluding hydrogens is 250 g/mol. The highest BCUT2D eigenvalue weighted by atomic mass is 16.5. The van der Waals surface area contributed by atoms with Crippen molar-refractivity contribution in [3.63, 3.8) is 0 Å². The van der Waals surface area contributed by atoms with Crippen LogP contribution in [0.4, 0.5) is 0 Å². The molecule has 20 heavy (non-hydrogen) atoms. The summed E-state index contributed by atoms with van der Waals surface area (Å²) in [6, 6.07) is 8.01. The van der Waals surface area contributed by atoms with Crippen LogP contribution in [-0.4, -0.2) is 26.2 Å². The Labute approximate surface area is 122 Å². The number of ether oxygens (including phenoxy) is 1. The lowest BCUT2D eigenvalue weighted by atomic mass is 10.1. The molecule has 0 aliphatic rings. The van der Waals surface area contributed by atoms with Crippen molar-refractivity contribution in [2.75, 3.05) is 20.2 Å². The molecule has 4 nitrogen and oxygen atoms in total. The lowest BCUT2D eigenvalue weighted by Gasteiger charge is -2.12. The molecule has 1 rings (SSSR count). The van der Waals surface area contributed by atoms with Crippen LogP contribution in [0.2, 0.25) is 0 Å². The van der Waals surface area contributed by atoms with E-state index in [0.29, 0.717) is 12.5 Å². The maximum atomic E-state index is 5.22. The normalized spacial score (nSPS) is 11.6. The van der Waals surface area contributed by atoms with Crippen molar-refractivity contribution in [2.24, 2.45) is 10.9 Å². The predicted molar refractivity (Wildman–Crippen MR) is 85.3 cm³/mol. The second-order valence-electron chi connectivity index (χ2n) is 5.16. The third-order valence-corrected chi connectivity index (χ3v) is 2.91. The van der Waals surface area contributed by atoms with Gasteiger partial charge in [-0.2, -0.15) is 0 Å². The number of nitrogens with zero attached hydrogens (tertiary/aromatic N) is 1. The Kier molecular flexibility index (Phi) is 7.55. The molecule has 0 radical (unpaired) electrons. The molecule has 0 spiro atoms. The van der Waals surface area contributed by atoms with E-state index in [0.717, 1.165) is 36.8 Å². The molecule has 1 aromatic rings. The summed E-state index contributed by atoms with van der Waals surface area (Å²) in [5, 5.41) is 6.62. The van der Waals surface area contributed by atoms with Crippen LogP contribution in [0.15, 0.2) is 29.3 Å². The molecular formula is C16H27N3O. The van der Waals surface area contributed by atoms with Gasteiger partial charge in [0.05, 0.1) is 13.7 Å². The summed E-state index contributed by atoms with van der Waals surface area (Å²) in [5.41, 5.74) is 1.14. The first-order valence-electron chi connectivity index (χ1n) is 7.30. The second-order valence-corrected chi connectivity index (χ2v) is 5.16. The van der Waals surface area contributed by atoms with Gasteiger partial charge >= 0.3 is 0 Å². The van der Waals surface area contributed by atoms with Crippen molar-refractivity contribution in [3.8, 4) is 5.75 Å². The van der Waals surface area contributed by atoms with E-state index in [1.807, 2.05) is 18.2 Å². The quantitative estimate of drug-likeness (QED) is 0.595. The molecule has 0 aromatic heterocycles. The number of benzene rings is 1. The van der Waals surface area contributed by atoms with E-state index in [1.54, 1.807) is 7.11 Å². The van der Waals surface area contributed by atoms with Gasteiger partial charge in [-0.15, -0.1) is 0 Å². The van der Waals surface area contributed by atoms with Crippen molar-refractivity contribution >= 4 is 5.96 Å². The Morgan fingerprint density at radius 1 is 1.30 bits per heavy atom. The van der Waals surface area contributed by atoms with E-state index in [1.165, 1.54) is 0 Å². The molecule has 2 N–H and O–H groups in total. The average molecular weight is 277 g/mol. The molecule has 112 valence electrons. The standard InChI is InChI=1S/C16H27N3O/c1-5-17-16(18-10-9-13(2)3)19-12-14-7-6-8-15(11-14)20-4/h6-8,11,13H,5,9-10,12H2,1-4H3,(H2,17,18,19). The molecule has 0 aliphatic carbocycles. The third-order valence-electron chi connectivity index (χ3n) is 2.91. The molecule has 0 atom stereocenters. The van der Waals surface area contributed by atoms with Crippen LogP contribution in [0.3, 0.4) is 0 Å². The van der Waals surface area contributed by atoms with E-state index in [-0.39, 0.29) is 0 Å². The SMILES string of the molecule is CCNC(=NCc1cccc(OC)c1)NCCC(C)C. The Balaban J connectivity index is 2.56. The fraction of sp³-hybridized carbons (Fsp3) is 0.562. The minimum Gasteiger partial charge on any atom is -0.497 e. The monoisotopic (exact) mass is 277 g/mol. The molecule has 0 bridgehead atoms. The van der Waals surface area contributed by atoms with Crippen molar-refractivity contribution in [2.45, 2.75) is 33.7 Å². The first-order valence-corrected chi connectivity index (χ1v) is 7.30. The Bertz CT molecular complexity index is 416. The highest BCUT2D eigenvalue weighted by Crippen LogP contribution is 2.13. The number of hydrogen-bond acceptors (Lipinski definition) is 2. The number of methoxy groups -OCH3 is 1. The van der Waals surface area contributed by atoms with Crippen LogP contribution >= 0.6 is 0 Å². The molecule has 0 amide bonds. The largest absolute Gasteiger partial charge is 0.497 e. The van der Waals surface area contributed by atoms with Crippen LogP contribution in [0.5, 0.6) is 5.75 Å².